The minimum atomic E-state index is -0.818. The standard InChI is InChI=1S/C16H14INO3/c1-21-16(20)14(11-6-3-2-4-7-11)18-15(19)12-8-5-9-13(17)10-12/h2-10,14H,1H3,(H,18,19). The molecule has 0 fully saturated rings. The van der Waals surface area contributed by atoms with Crippen LogP contribution in [0.15, 0.2) is 54.6 Å². The van der Waals surface area contributed by atoms with Crippen LogP contribution in [-0.4, -0.2) is 19.0 Å². The lowest BCUT2D eigenvalue weighted by Gasteiger charge is -2.17. The highest BCUT2D eigenvalue weighted by atomic mass is 127. The number of hydrogen-bond donors (Lipinski definition) is 1. The van der Waals surface area contributed by atoms with Crippen LogP contribution in [0.25, 0.3) is 0 Å². The van der Waals surface area contributed by atoms with Gasteiger partial charge in [0, 0.05) is 9.13 Å². The molecule has 5 heteroatoms. The second kappa shape index (κ2) is 7.21. The van der Waals surface area contributed by atoms with Gasteiger partial charge < -0.3 is 10.1 Å². The summed E-state index contributed by atoms with van der Waals surface area (Å²) in [6.07, 6.45) is 0. The van der Waals surface area contributed by atoms with Gasteiger partial charge in [0.05, 0.1) is 7.11 Å². The third-order valence-electron chi connectivity index (χ3n) is 2.93. The van der Waals surface area contributed by atoms with E-state index in [-0.39, 0.29) is 5.91 Å². The number of halogens is 1. The lowest BCUT2D eigenvalue weighted by molar-refractivity contribution is -0.143. The summed E-state index contributed by atoms with van der Waals surface area (Å²) in [6, 6.07) is 15.4. The number of esters is 1. The molecule has 1 N–H and O–H groups in total. The predicted molar refractivity (Wildman–Crippen MR) is 87.8 cm³/mol. The molecular formula is C16H14INO3. The van der Waals surface area contributed by atoms with Gasteiger partial charge in [-0.1, -0.05) is 36.4 Å². The van der Waals surface area contributed by atoms with Crippen molar-refractivity contribution in [3.63, 3.8) is 0 Å². The smallest absolute Gasteiger partial charge is 0.333 e. The zero-order valence-corrected chi connectivity index (χ0v) is 13.5. The van der Waals surface area contributed by atoms with Crippen LogP contribution in [0.2, 0.25) is 0 Å². The maximum absolute atomic E-state index is 12.3. The van der Waals surface area contributed by atoms with Gasteiger partial charge in [0.15, 0.2) is 6.04 Å². The second-order valence-electron chi connectivity index (χ2n) is 4.35. The number of hydrogen-bond acceptors (Lipinski definition) is 3. The fraction of sp³-hybridized carbons (Fsp3) is 0.125. The van der Waals surface area contributed by atoms with Crippen LogP contribution in [0, 0.1) is 3.57 Å². The first-order chi connectivity index (χ1) is 10.1. The van der Waals surface area contributed by atoms with Crippen LogP contribution in [0.1, 0.15) is 22.0 Å². The predicted octanol–water partition coefficient (Wildman–Crippen LogP) is 2.94. The van der Waals surface area contributed by atoms with Crippen molar-refractivity contribution in [2.45, 2.75) is 6.04 Å². The molecule has 0 aromatic heterocycles. The molecule has 21 heavy (non-hydrogen) atoms. The minimum Gasteiger partial charge on any atom is -0.467 e. The average Bonchev–Trinajstić information content (AvgIpc) is 2.52. The molecule has 0 aliphatic heterocycles. The molecule has 0 saturated heterocycles. The zero-order chi connectivity index (χ0) is 15.2. The number of methoxy groups -OCH3 is 1. The monoisotopic (exact) mass is 395 g/mol. The molecule has 0 saturated carbocycles. The normalized spacial score (nSPS) is 11.5. The summed E-state index contributed by atoms with van der Waals surface area (Å²) in [5, 5.41) is 2.71. The topological polar surface area (TPSA) is 55.4 Å². The molecule has 0 heterocycles. The summed E-state index contributed by atoms with van der Waals surface area (Å²) < 4.78 is 5.73. The summed E-state index contributed by atoms with van der Waals surface area (Å²) >= 11 is 2.13. The molecule has 0 aliphatic carbocycles. The van der Waals surface area contributed by atoms with Gasteiger partial charge in [0.1, 0.15) is 0 Å². The van der Waals surface area contributed by atoms with E-state index in [1.165, 1.54) is 7.11 Å². The fourth-order valence-corrected chi connectivity index (χ4v) is 2.43. The van der Waals surface area contributed by atoms with Gasteiger partial charge in [-0.15, -0.1) is 0 Å². The Morgan fingerprint density at radius 2 is 1.81 bits per heavy atom. The third-order valence-corrected chi connectivity index (χ3v) is 3.60. The zero-order valence-electron chi connectivity index (χ0n) is 11.4. The largest absolute Gasteiger partial charge is 0.467 e. The van der Waals surface area contributed by atoms with Crippen molar-refractivity contribution in [1.82, 2.24) is 5.32 Å². The van der Waals surface area contributed by atoms with Crippen molar-refractivity contribution in [2.24, 2.45) is 0 Å². The number of ether oxygens (including phenoxy) is 1. The molecule has 2 aromatic rings. The number of amides is 1. The van der Waals surface area contributed by atoms with Gasteiger partial charge in [0.2, 0.25) is 0 Å². The maximum Gasteiger partial charge on any atom is 0.333 e. The Morgan fingerprint density at radius 3 is 2.43 bits per heavy atom. The van der Waals surface area contributed by atoms with Gasteiger partial charge in [-0.25, -0.2) is 4.79 Å². The van der Waals surface area contributed by atoms with E-state index in [1.807, 2.05) is 24.3 Å². The van der Waals surface area contributed by atoms with Gasteiger partial charge in [-0.05, 0) is 46.4 Å². The molecule has 0 bridgehead atoms. The molecule has 2 aromatic carbocycles. The van der Waals surface area contributed by atoms with E-state index in [9.17, 15) is 9.59 Å². The maximum atomic E-state index is 12.3. The summed E-state index contributed by atoms with van der Waals surface area (Å²) in [5.41, 5.74) is 1.19. The molecule has 108 valence electrons. The van der Waals surface area contributed by atoms with Gasteiger partial charge >= 0.3 is 5.97 Å². The first-order valence-corrected chi connectivity index (χ1v) is 7.39. The summed E-state index contributed by atoms with van der Waals surface area (Å²) in [4.78, 5) is 24.2. The van der Waals surface area contributed by atoms with Gasteiger partial charge in [0.25, 0.3) is 5.91 Å². The van der Waals surface area contributed by atoms with Crippen molar-refractivity contribution in [3.8, 4) is 0 Å². The van der Waals surface area contributed by atoms with E-state index in [2.05, 4.69) is 27.9 Å². The average molecular weight is 395 g/mol. The Labute approximate surface area is 136 Å². The van der Waals surface area contributed by atoms with Crippen molar-refractivity contribution in [3.05, 3.63) is 69.3 Å². The molecular weight excluding hydrogens is 381 g/mol. The molecule has 1 amide bonds. The van der Waals surface area contributed by atoms with E-state index in [1.54, 1.807) is 30.3 Å². The van der Waals surface area contributed by atoms with Crippen LogP contribution in [0.3, 0.4) is 0 Å². The Kier molecular flexibility index (Phi) is 5.32. The van der Waals surface area contributed by atoms with Crippen LogP contribution in [-0.2, 0) is 9.53 Å². The Hall–Kier alpha value is -1.89. The highest BCUT2D eigenvalue weighted by molar-refractivity contribution is 14.1. The molecule has 1 unspecified atom stereocenters. The van der Waals surface area contributed by atoms with Crippen LogP contribution in [0.5, 0.6) is 0 Å². The molecule has 0 spiro atoms. The fourth-order valence-electron chi connectivity index (χ4n) is 1.89. The third kappa shape index (κ3) is 4.04. The Morgan fingerprint density at radius 1 is 1.10 bits per heavy atom. The van der Waals surface area contributed by atoms with Crippen LogP contribution < -0.4 is 5.32 Å². The first-order valence-electron chi connectivity index (χ1n) is 6.31. The number of rotatable bonds is 4. The Balaban J connectivity index is 2.23. The minimum absolute atomic E-state index is 0.312. The Bertz CT molecular complexity index is 643. The summed E-state index contributed by atoms with van der Waals surface area (Å²) in [6.45, 7) is 0. The van der Waals surface area contributed by atoms with Crippen LogP contribution >= 0.6 is 22.6 Å². The summed E-state index contributed by atoms with van der Waals surface area (Å²) in [5.74, 6) is -0.812. The number of nitrogens with one attached hydrogen (secondary N) is 1. The molecule has 1 atom stereocenters. The summed E-state index contributed by atoms with van der Waals surface area (Å²) in [7, 11) is 1.30. The van der Waals surface area contributed by atoms with E-state index in [4.69, 9.17) is 4.74 Å². The number of benzene rings is 2. The van der Waals surface area contributed by atoms with Crippen molar-refractivity contribution in [2.75, 3.05) is 7.11 Å². The van der Waals surface area contributed by atoms with Crippen LogP contribution in [0.4, 0.5) is 0 Å². The quantitative estimate of drug-likeness (QED) is 0.640. The van der Waals surface area contributed by atoms with Gasteiger partial charge in [-0.3, -0.25) is 4.79 Å². The van der Waals surface area contributed by atoms with Crippen molar-refractivity contribution < 1.29 is 14.3 Å². The van der Waals surface area contributed by atoms with E-state index >= 15 is 0 Å². The number of carbonyl (C=O) groups excluding carboxylic acids is 2. The van der Waals surface area contributed by atoms with Crippen molar-refractivity contribution in [1.29, 1.82) is 0 Å². The van der Waals surface area contributed by atoms with E-state index in [0.29, 0.717) is 11.1 Å². The lowest BCUT2D eigenvalue weighted by atomic mass is 10.1. The SMILES string of the molecule is COC(=O)C(NC(=O)c1cccc(I)c1)c1ccccc1. The van der Waals surface area contributed by atoms with Crippen molar-refractivity contribution >= 4 is 34.5 Å². The molecule has 4 nitrogen and oxygen atoms in total. The van der Waals surface area contributed by atoms with E-state index in [0.717, 1.165) is 3.57 Å². The molecule has 0 radical (unpaired) electrons. The first kappa shape index (κ1) is 15.5. The second-order valence-corrected chi connectivity index (χ2v) is 5.60. The molecule has 2 rings (SSSR count). The lowest BCUT2D eigenvalue weighted by Crippen LogP contribution is -2.34. The number of carbonyl (C=O) groups is 2. The highest BCUT2D eigenvalue weighted by Gasteiger charge is 2.23. The molecule has 0 aliphatic rings. The van der Waals surface area contributed by atoms with E-state index < -0.39 is 12.0 Å². The highest BCUT2D eigenvalue weighted by Crippen LogP contribution is 2.16. The van der Waals surface area contributed by atoms with Gasteiger partial charge in [-0.2, -0.15) is 0 Å².